The first-order valence-corrected chi connectivity index (χ1v) is 5.41. The molecule has 17 heavy (non-hydrogen) atoms. The number of aromatic nitrogens is 2. The van der Waals surface area contributed by atoms with Crippen molar-refractivity contribution < 1.29 is 4.79 Å². The molecule has 0 radical (unpaired) electrons. The second-order valence-corrected chi connectivity index (χ2v) is 3.86. The number of hydrogen-bond acceptors (Lipinski definition) is 4. The van der Waals surface area contributed by atoms with Crippen LogP contribution in [0.25, 0.3) is 0 Å². The van der Waals surface area contributed by atoms with Gasteiger partial charge < -0.3 is 0 Å². The minimum absolute atomic E-state index is 0.0377. The van der Waals surface area contributed by atoms with Crippen molar-refractivity contribution in [2.24, 2.45) is 5.84 Å². The van der Waals surface area contributed by atoms with Gasteiger partial charge in [0.1, 0.15) is 5.02 Å². The summed E-state index contributed by atoms with van der Waals surface area (Å²) in [5.74, 6) is 4.66. The van der Waals surface area contributed by atoms with Gasteiger partial charge in [0.15, 0.2) is 0 Å². The van der Waals surface area contributed by atoms with Crippen LogP contribution < -0.4 is 22.5 Å². The Morgan fingerprint density at radius 1 is 1.47 bits per heavy atom. The van der Waals surface area contributed by atoms with Crippen LogP contribution in [0.15, 0.2) is 15.8 Å². The van der Waals surface area contributed by atoms with Crippen LogP contribution in [0.5, 0.6) is 0 Å². The van der Waals surface area contributed by atoms with Gasteiger partial charge in [-0.3, -0.25) is 24.6 Å². The number of carbonyl (C=O) groups excluding carboxylic acids is 1. The molecule has 8 heteroatoms. The number of halogens is 1. The minimum Gasteiger partial charge on any atom is -0.299 e. The number of unbranched alkanes of at least 4 members (excludes halogenated alkanes) is 1. The Hall–Kier alpha value is -1.60. The van der Waals surface area contributed by atoms with Crippen molar-refractivity contribution in [1.29, 1.82) is 0 Å². The van der Waals surface area contributed by atoms with Crippen molar-refractivity contribution in [3.8, 4) is 0 Å². The van der Waals surface area contributed by atoms with E-state index in [9.17, 15) is 14.4 Å². The fourth-order valence-electron chi connectivity index (χ4n) is 1.29. The van der Waals surface area contributed by atoms with Crippen LogP contribution in [0.2, 0.25) is 5.02 Å². The molecule has 0 saturated carbocycles. The molecule has 1 aromatic rings. The number of hydrazine groups is 1. The summed E-state index contributed by atoms with van der Waals surface area (Å²) in [4.78, 5) is 35.2. The molecule has 1 rings (SSSR count). The quantitative estimate of drug-likeness (QED) is 0.283. The number of nitrogens with zero attached hydrogens (tertiary/aromatic N) is 1. The van der Waals surface area contributed by atoms with E-state index in [1.54, 1.807) is 0 Å². The number of carbonyl (C=O) groups is 1. The molecule has 4 N–H and O–H groups in total. The van der Waals surface area contributed by atoms with Gasteiger partial charge >= 0.3 is 5.69 Å². The Morgan fingerprint density at radius 2 is 2.18 bits per heavy atom. The fourth-order valence-corrected chi connectivity index (χ4v) is 1.45. The van der Waals surface area contributed by atoms with Gasteiger partial charge in [0.2, 0.25) is 5.91 Å². The van der Waals surface area contributed by atoms with Crippen LogP contribution in [0.1, 0.15) is 19.3 Å². The first kappa shape index (κ1) is 13.5. The van der Waals surface area contributed by atoms with Crippen molar-refractivity contribution in [2.75, 3.05) is 0 Å². The second kappa shape index (κ2) is 6.21. The van der Waals surface area contributed by atoms with E-state index in [1.165, 1.54) is 10.8 Å². The first-order valence-electron chi connectivity index (χ1n) is 5.03. The van der Waals surface area contributed by atoms with E-state index in [0.29, 0.717) is 25.8 Å². The SMILES string of the molecule is NNC(=O)CCCCn1cc(Cl)c(=O)[nH]c1=O. The lowest BCUT2D eigenvalue weighted by molar-refractivity contribution is -0.121. The number of hydrogen-bond donors (Lipinski definition) is 3. The van der Waals surface area contributed by atoms with E-state index in [2.05, 4.69) is 4.98 Å². The summed E-state index contributed by atoms with van der Waals surface area (Å²) < 4.78 is 1.30. The summed E-state index contributed by atoms with van der Waals surface area (Å²) in [5.41, 5.74) is 0.903. The minimum atomic E-state index is -0.601. The molecule has 0 atom stereocenters. The third-order valence-electron chi connectivity index (χ3n) is 2.18. The zero-order valence-corrected chi connectivity index (χ0v) is 9.79. The van der Waals surface area contributed by atoms with Gasteiger partial charge in [-0.25, -0.2) is 10.6 Å². The summed E-state index contributed by atoms with van der Waals surface area (Å²) >= 11 is 5.59. The molecule has 0 saturated heterocycles. The van der Waals surface area contributed by atoms with Gasteiger partial charge in [-0.1, -0.05) is 11.6 Å². The standard InChI is InChI=1S/C9H13ClN4O3/c10-6-5-14(9(17)12-8(6)16)4-2-1-3-7(15)13-11/h5H,1-4,11H2,(H,13,15)(H,12,16,17). The molecule has 0 aromatic carbocycles. The third kappa shape index (κ3) is 4.04. The van der Waals surface area contributed by atoms with E-state index in [-0.39, 0.29) is 10.9 Å². The highest BCUT2D eigenvalue weighted by molar-refractivity contribution is 6.30. The number of nitrogens with one attached hydrogen (secondary N) is 2. The maximum absolute atomic E-state index is 11.3. The van der Waals surface area contributed by atoms with Crippen LogP contribution >= 0.6 is 11.6 Å². The van der Waals surface area contributed by atoms with Crippen molar-refractivity contribution >= 4 is 17.5 Å². The smallest absolute Gasteiger partial charge is 0.299 e. The van der Waals surface area contributed by atoms with Crippen molar-refractivity contribution in [3.63, 3.8) is 0 Å². The lowest BCUT2D eigenvalue weighted by atomic mass is 10.2. The van der Waals surface area contributed by atoms with Crippen LogP contribution in [-0.2, 0) is 11.3 Å². The Balaban J connectivity index is 2.53. The molecule has 94 valence electrons. The maximum Gasteiger partial charge on any atom is 0.328 e. The van der Waals surface area contributed by atoms with Gasteiger partial charge in [0.05, 0.1) is 0 Å². The molecule has 0 spiro atoms. The van der Waals surface area contributed by atoms with E-state index < -0.39 is 11.2 Å². The molecule has 0 aliphatic rings. The highest BCUT2D eigenvalue weighted by Crippen LogP contribution is 2.00. The molecule has 1 heterocycles. The predicted octanol–water partition coefficient (Wildman–Crippen LogP) is -0.650. The molecule has 0 fully saturated rings. The van der Waals surface area contributed by atoms with Gasteiger partial charge in [-0.15, -0.1) is 0 Å². The Labute approximate surface area is 102 Å². The zero-order valence-electron chi connectivity index (χ0n) is 9.03. The number of amides is 1. The normalized spacial score (nSPS) is 10.2. The average Bonchev–Trinajstić information content (AvgIpc) is 2.30. The van der Waals surface area contributed by atoms with Crippen molar-refractivity contribution in [2.45, 2.75) is 25.8 Å². The average molecular weight is 261 g/mol. The van der Waals surface area contributed by atoms with E-state index in [0.717, 1.165) is 0 Å². The highest BCUT2D eigenvalue weighted by atomic mass is 35.5. The number of rotatable bonds is 5. The maximum atomic E-state index is 11.3. The van der Waals surface area contributed by atoms with Gasteiger partial charge in [0, 0.05) is 19.2 Å². The van der Waals surface area contributed by atoms with E-state index in [1.807, 2.05) is 5.43 Å². The van der Waals surface area contributed by atoms with E-state index >= 15 is 0 Å². The van der Waals surface area contributed by atoms with Crippen molar-refractivity contribution in [1.82, 2.24) is 15.0 Å². The summed E-state index contributed by atoms with van der Waals surface area (Å²) in [6.07, 6.45) is 2.77. The molecule has 0 aliphatic carbocycles. The lowest BCUT2D eigenvalue weighted by Crippen LogP contribution is -2.30. The second-order valence-electron chi connectivity index (χ2n) is 3.45. The Kier molecular flexibility index (Phi) is 4.92. The molecule has 1 amide bonds. The topological polar surface area (TPSA) is 110 Å². The van der Waals surface area contributed by atoms with Crippen LogP contribution in [-0.4, -0.2) is 15.5 Å². The molecular weight excluding hydrogens is 248 g/mol. The van der Waals surface area contributed by atoms with Gasteiger partial charge in [0.25, 0.3) is 5.56 Å². The largest absolute Gasteiger partial charge is 0.328 e. The number of H-pyrrole nitrogens is 1. The summed E-state index contributed by atoms with van der Waals surface area (Å²) in [6, 6.07) is 0. The van der Waals surface area contributed by atoms with Gasteiger partial charge in [-0.2, -0.15) is 0 Å². The zero-order chi connectivity index (χ0) is 12.8. The van der Waals surface area contributed by atoms with Crippen LogP contribution in [0.4, 0.5) is 0 Å². The molecule has 0 aliphatic heterocycles. The summed E-state index contributed by atoms with van der Waals surface area (Å²) in [5, 5.41) is -0.0377. The third-order valence-corrected chi connectivity index (χ3v) is 2.45. The Morgan fingerprint density at radius 3 is 2.82 bits per heavy atom. The Bertz CT molecular complexity index is 508. The van der Waals surface area contributed by atoms with E-state index in [4.69, 9.17) is 17.4 Å². The molecule has 7 nitrogen and oxygen atoms in total. The molecular formula is C9H13ClN4O3. The number of nitrogens with two attached hydrogens (primary N) is 1. The summed E-state index contributed by atoms with van der Waals surface area (Å²) in [6.45, 7) is 0.382. The molecule has 0 unspecified atom stereocenters. The highest BCUT2D eigenvalue weighted by Gasteiger charge is 2.03. The number of aromatic amines is 1. The first-order chi connectivity index (χ1) is 8.04. The predicted molar refractivity (Wildman–Crippen MR) is 62.5 cm³/mol. The molecule has 0 bridgehead atoms. The summed E-state index contributed by atoms with van der Waals surface area (Å²) in [7, 11) is 0. The monoisotopic (exact) mass is 260 g/mol. The van der Waals surface area contributed by atoms with Gasteiger partial charge in [-0.05, 0) is 12.8 Å². The van der Waals surface area contributed by atoms with Crippen molar-refractivity contribution in [3.05, 3.63) is 32.1 Å². The fraction of sp³-hybridized carbons (Fsp3) is 0.444. The number of aryl methyl sites for hydroxylation is 1. The van der Waals surface area contributed by atoms with Crippen LogP contribution in [0, 0.1) is 0 Å². The lowest BCUT2D eigenvalue weighted by Gasteiger charge is -2.04. The molecule has 1 aromatic heterocycles. The van der Waals surface area contributed by atoms with Crippen LogP contribution in [0.3, 0.4) is 0 Å².